The maximum absolute atomic E-state index is 12.1. The van der Waals surface area contributed by atoms with E-state index in [2.05, 4.69) is 4.18 Å². The average Bonchev–Trinajstić information content (AvgIpc) is 2.13. The highest BCUT2D eigenvalue weighted by Crippen LogP contribution is 2.35. The summed E-state index contributed by atoms with van der Waals surface area (Å²) in [6, 6.07) is 3.86. The van der Waals surface area contributed by atoms with E-state index < -0.39 is 27.2 Å². The van der Waals surface area contributed by atoms with Crippen LogP contribution in [0.2, 0.25) is 0 Å². The fraction of sp³-hybridized carbons (Fsp3) is 0.222. The minimum atomic E-state index is -5.73. The molecule has 0 radical (unpaired) electrons. The molecule has 0 bridgehead atoms. The Kier molecular flexibility index (Phi) is 2.42. The lowest BCUT2D eigenvalue weighted by molar-refractivity contribution is -0.0500. The fourth-order valence-electron chi connectivity index (χ4n) is 1.43. The van der Waals surface area contributed by atoms with Crippen molar-refractivity contribution in [2.45, 2.75) is 11.9 Å². The number of carbonyl (C=O) groups is 1. The van der Waals surface area contributed by atoms with E-state index in [0.29, 0.717) is 5.56 Å². The summed E-state index contributed by atoms with van der Waals surface area (Å²) in [6.45, 7) is 0. The van der Waals surface area contributed by atoms with Gasteiger partial charge in [0, 0.05) is 6.42 Å². The molecule has 17 heavy (non-hydrogen) atoms. The maximum atomic E-state index is 12.1. The summed E-state index contributed by atoms with van der Waals surface area (Å²) < 4.78 is 61.6. The third-order valence-corrected chi connectivity index (χ3v) is 3.19. The second kappa shape index (κ2) is 3.46. The van der Waals surface area contributed by atoms with Crippen LogP contribution in [0.3, 0.4) is 0 Å². The summed E-state index contributed by atoms with van der Waals surface area (Å²) in [7, 11) is -5.73. The molecule has 0 saturated heterocycles. The van der Waals surface area contributed by atoms with Gasteiger partial charge < -0.3 is 4.18 Å². The monoisotopic (exact) mass is 266 g/mol. The van der Waals surface area contributed by atoms with Gasteiger partial charge in [-0.25, -0.2) is 0 Å². The smallest absolute Gasteiger partial charge is 0.375 e. The summed E-state index contributed by atoms with van der Waals surface area (Å²) >= 11 is 0. The lowest BCUT2D eigenvalue weighted by Crippen LogP contribution is -2.30. The minimum absolute atomic E-state index is 0.0819. The first kappa shape index (κ1) is 11.9. The number of halogens is 3. The normalized spacial score (nSPS) is 15.1. The molecule has 1 aromatic rings. The molecule has 0 unspecified atom stereocenters. The molecule has 0 heterocycles. The SMILES string of the molecule is O=C1Cc2cccc(OS(=O)(=O)C(F)(F)F)c21. The van der Waals surface area contributed by atoms with Crippen LogP contribution in [0.5, 0.6) is 5.75 Å². The van der Waals surface area contributed by atoms with Gasteiger partial charge >= 0.3 is 15.6 Å². The highest BCUT2D eigenvalue weighted by atomic mass is 32.2. The zero-order chi connectivity index (χ0) is 12.8. The van der Waals surface area contributed by atoms with Gasteiger partial charge in [0.1, 0.15) is 0 Å². The second-order valence-electron chi connectivity index (χ2n) is 3.37. The van der Waals surface area contributed by atoms with Crippen molar-refractivity contribution in [3.05, 3.63) is 29.3 Å². The van der Waals surface area contributed by atoms with Crippen LogP contribution in [-0.4, -0.2) is 19.7 Å². The Morgan fingerprint density at radius 2 is 1.88 bits per heavy atom. The van der Waals surface area contributed by atoms with E-state index in [1.54, 1.807) is 0 Å². The molecular weight excluding hydrogens is 261 g/mol. The quantitative estimate of drug-likeness (QED) is 0.603. The van der Waals surface area contributed by atoms with Crippen LogP contribution in [0.15, 0.2) is 18.2 Å². The highest BCUT2D eigenvalue weighted by molar-refractivity contribution is 7.88. The van der Waals surface area contributed by atoms with E-state index >= 15 is 0 Å². The highest BCUT2D eigenvalue weighted by Gasteiger charge is 2.49. The number of carbonyl (C=O) groups excluding carboxylic acids is 1. The Balaban J connectivity index is 2.40. The van der Waals surface area contributed by atoms with Gasteiger partial charge in [-0.3, -0.25) is 4.79 Å². The van der Waals surface area contributed by atoms with Crippen LogP contribution in [0.25, 0.3) is 0 Å². The summed E-state index contributed by atoms with van der Waals surface area (Å²) in [4.78, 5) is 11.1. The predicted molar refractivity (Wildman–Crippen MR) is 50.1 cm³/mol. The molecule has 92 valence electrons. The van der Waals surface area contributed by atoms with Crippen LogP contribution in [0.1, 0.15) is 15.9 Å². The molecule has 1 aromatic carbocycles. The van der Waals surface area contributed by atoms with Gasteiger partial charge in [0.15, 0.2) is 11.5 Å². The number of ketones is 1. The molecule has 2 rings (SSSR count). The van der Waals surface area contributed by atoms with Gasteiger partial charge in [-0.2, -0.15) is 21.6 Å². The Bertz CT molecular complexity index is 589. The molecule has 0 N–H and O–H groups in total. The first-order valence-electron chi connectivity index (χ1n) is 4.38. The molecule has 8 heteroatoms. The van der Waals surface area contributed by atoms with Gasteiger partial charge in [0.2, 0.25) is 0 Å². The first-order valence-corrected chi connectivity index (χ1v) is 5.79. The zero-order valence-corrected chi connectivity index (χ0v) is 8.93. The third kappa shape index (κ3) is 1.88. The standard InChI is InChI=1S/C9H5F3O4S/c10-9(11,12)17(14,15)16-7-3-1-2-5-4-6(13)8(5)7/h1-3H,4H2. The van der Waals surface area contributed by atoms with E-state index in [4.69, 9.17) is 0 Å². The number of hydrogen-bond donors (Lipinski definition) is 0. The maximum Gasteiger partial charge on any atom is 0.534 e. The average molecular weight is 266 g/mol. The molecule has 0 atom stereocenters. The van der Waals surface area contributed by atoms with E-state index in [9.17, 15) is 26.4 Å². The van der Waals surface area contributed by atoms with Crippen molar-refractivity contribution in [2.24, 2.45) is 0 Å². The molecule has 0 amide bonds. The number of benzene rings is 1. The lowest BCUT2D eigenvalue weighted by Gasteiger charge is -2.20. The van der Waals surface area contributed by atoms with Gasteiger partial charge in [-0.1, -0.05) is 12.1 Å². The molecule has 0 aliphatic heterocycles. The largest absolute Gasteiger partial charge is 0.534 e. The van der Waals surface area contributed by atoms with Crippen molar-refractivity contribution >= 4 is 15.9 Å². The van der Waals surface area contributed by atoms with E-state index in [0.717, 1.165) is 6.07 Å². The number of rotatable bonds is 2. The number of fused-ring (bicyclic) bond motifs is 1. The molecule has 0 spiro atoms. The minimum Gasteiger partial charge on any atom is -0.375 e. The van der Waals surface area contributed by atoms with Crippen LogP contribution >= 0.6 is 0 Å². The third-order valence-electron chi connectivity index (χ3n) is 2.23. The molecule has 0 fully saturated rings. The lowest BCUT2D eigenvalue weighted by atomic mass is 9.86. The van der Waals surface area contributed by atoms with Crippen molar-refractivity contribution < 1.29 is 30.6 Å². The van der Waals surface area contributed by atoms with Gasteiger partial charge in [0.25, 0.3) is 0 Å². The first-order chi connectivity index (χ1) is 7.72. The summed E-state index contributed by atoms with van der Waals surface area (Å²) in [5.74, 6) is -1.01. The number of hydrogen-bond acceptors (Lipinski definition) is 4. The van der Waals surface area contributed by atoms with Gasteiger partial charge in [0.05, 0.1) is 5.56 Å². The molecule has 1 aliphatic carbocycles. The van der Waals surface area contributed by atoms with Crippen LogP contribution in [0, 0.1) is 0 Å². The summed E-state index contributed by atoms with van der Waals surface area (Å²) in [5.41, 5.74) is -5.13. The van der Waals surface area contributed by atoms with Crippen LogP contribution in [0.4, 0.5) is 13.2 Å². The molecular formula is C9H5F3O4S. The van der Waals surface area contributed by atoms with E-state index in [1.165, 1.54) is 12.1 Å². The van der Waals surface area contributed by atoms with Crippen molar-refractivity contribution in [1.82, 2.24) is 0 Å². The van der Waals surface area contributed by atoms with E-state index in [1.807, 2.05) is 0 Å². The van der Waals surface area contributed by atoms with Crippen molar-refractivity contribution in [3.63, 3.8) is 0 Å². The van der Waals surface area contributed by atoms with Crippen molar-refractivity contribution in [2.75, 3.05) is 0 Å². The summed E-state index contributed by atoms with van der Waals surface area (Å²) in [6.07, 6.45) is 0.0819. The Hall–Kier alpha value is -1.57. The van der Waals surface area contributed by atoms with Crippen LogP contribution in [-0.2, 0) is 16.5 Å². The van der Waals surface area contributed by atoms with Crippen LogP contribution < -0.4 is 4.18 Å². The molecule has 0 saturated carbocycles. The Morgan fingerprint density at radius 1 is 1.24 bits per heavy atom. The van der Waals surface area contributed by atoms with Gasteiger partial charge in [-0.15, -0.1) is 0 Å². The second-order valence-corrected chi connectivity index (χ2v) is 4.91. The Labute approximate surface area is 94.1 Å². The molecule has 0 aromatic heterocycles. The predicted octanol–water partition coefficient (Wildman–Crippen LogP) is 1.65. The topological polar surface area (TPSA) is 60.4 Å². The number of Topliss-reactive ketones (excluding diaryl/α,β-unsaturated/α-hetero) is 1. The van der Waals surface area contributed by atoms with Gasteiger partial charge in [-0.05, 0) is 11.6 Å². The molecule has 1 aliphatic rings. The fourth-order valence-corrected chi connectivity index (χ4v) is 1.90. The zero-order valence-electron chi connectivity index (χ0n) is 8.11. The number of alkyl halides is 3. The summed E-state index contributed by atoms with van der Waals surface area (Å²) in [5, 5.41) is 0. The van der Waals surface area contributed by atoms with E-state index in [-0.39, 0.29) is 12.0 Å². The van der Waals surface area contributed by atoms with Crippen molar-refractivity contribution in [3.8, 4) is 5.75 Å². The Morgan fingerprint density at radius 3 is 2.41 bits per heavy atom. The molecule has 4 nitrogen and oxygen atoms in total. The van der Waals surface area contributed by atoms with Crippen molar-refractivity contribution in [1.29, 1.82) is 0 Å².